The molecule has 3 aromatic carbocycles. The van der Waals surface area contributed by atoms with Crippen LogP contribution < -0.4 is 21.3 Å². The van der Waals surface area contributed by atoms with Crippen LogP contribution in [0.5, 0.6) is 0 Å². The van der Waals surface area contributed by atoms with Crippen molar-refractivity contribution in [1.82, 2.24) is 10.6 Å². The number of hydrogen-bond donors (Lipinski definition) is 5. The number of nitrogens with one attached hydrogen (secondary N) is 4. The second-order valence-electron chi connectivity index (χ2n) is 8.03. The first-order valence-corrected chi connectivity index (χ1v) is 11.7. The van der Waals surface area contributed by atoms with E-state index >= 15 is 0 Å². The number of benzene rings is 3. The fourth-order valence-corrected chi connectivity index (χ4v) is 3.16. The number of carboxylic acid groups (broad SMARTS) is 1. The zero-order valence-corrected chi connectivity index (χ0v) is 20.6. The first-order valence-electron chi connectivity index (χ1n) is 11.7. The first-order chi connectivity index (χ1) is 18.8. The molecule has 0 saturated heterocycles. The Morgan fingerprint density at radius 2 is 1.03 bits per heavy atom. The molecule has 12 nitrogen and oxygen atoms in total. The van der Waals surface area contributed by atoms with E-state index in [1.807, 2.05) is 12.1 Å². The molecule has 0 heterocycles. The van der Waals surface area contributed by atoms with Gasteiger partial charge in [0.2, 0.25) is 11.8 Å². The number of carbonyl (C=O) groups is 5. The molecule has 0 fully saturated rings. The van der Waals surface area contributed by atoms with E-state index in [-0.39, 0.29) is 30.2 Å². The summed E-state index contributed by atoms with van der Waals surface area (Å²) in [7, 11) is 0. The number of carboxylic acids is 1. The van der Waals surface area contributed by atoms with Gasteiger partial charge in [-0.25, -0.2) is 14.4 Å². The van der Waals surface area contributed by atoms with Gasteiger partial charge in [0.15, 0.2) is 0 Å². The zero-order chi connectivity index (χ0) is 28.0. The van der Waals surface area contributed by atoms with Crippen LogP contribution in [-0.2, 0) is 32.3 Å². The van der Waals surface area contributed by atoms with E-state index in [1.165, 1.54) is 18.2 Å². The summed E-state index contributed by atoms with van der Waals surface area (Å²) in [5, 5.41) is 18.9. The molecule has 3 aromatic rings. The molecule has 0 spiro atoms. The second kappa shape index (κ2) is 14.4. The minimum atomic E-state index is -1.30. The fraction of sp³-hybridized carbons (Fsp3) is 0.148. The molecular formula is C27H26N4O8. The van der Waals surface area contributed by atoms with Gasteiger partial charge in [0.05, 0.1) is 5.56 Å². The maximum absolute atomic E-state index is 12.3. The van der Waals surface area contributed by atoms with Crippen molar-refractivity contribution in [2.24, 2.45) is 0 Å². The number of hydrogen-bond acceptors (Lipinski definition) is 7. The number of alkyl carbamates (subject to hydrolysis) is 2. The summed E-state index contributed by atoms with van der Waals surface area (Å²) in [6.07, 6.45) is -1.62. The SMILES string of the molecule is O=C(CNC(=O)OCc1ccccc1)Nc1cc(NC(=O)CNC(=O)OCc2ccccc2)cc(C(=O)O)c1. The van der Waals surface area contributed by atoms with Gasteiger partial charge in [-0.3, -0.25) is 9.59 Å². The number of aromatic carboxylic acids is 1. The molecule has 0 aliphatic heterocycles. The molecule has 0 saturated carbocycles. The van der Waals surface area contributed by atoms with E-state index in [1.54, 1.807) is 48.5 Å². The van der Waals surface area contributed by atoms with Gasteiger partial charge < -0.3 is 35.8 Å². The maximum Gasteiger partial charge on any atom is 0.407 e. The summed E-state index contributed by atoms with van der Waals surface area (Å²) in [6.45, 7) is -0.835. The molecule has 39 heavy (non-hydrogen) atoms. The van der Waals surface area contributed by atoms with Gasteiger partial charge in [-0.05, 0) is 29.3 Å². The molecule has 202 valence electrons. The molecule has 0 atom stereocenters. The van der Waals surface area contributed by atoms with Crippen molar-refractivity contribution in [2.45, 2.75) is 13.2 Å². The topological polar surface area (TPSA) is 172 Å². The second-order valence-corrected chi connectivity index (χ2v) is 8.03. The van der Waals surface area contributed by atoms with E-state index in [2.05, 4.69) is 21.3 Å². The van der Waals surface area contributed by atoms with Crippen LogP contribution in [-0.4, -0.2) is 48.2 Å². The van der Waals surface area contributed by atoms with Crippen molar-refractivity contribution in [2.75, 3.05) is 23.7 Å². The number of anilines is 2. The van der Waals surface area contributed by atoms with E-state index in [0.29, 0.717) is 0 Å². The number of carbonyl (C=O) groups excluding carboxylic acids is 4. The summed E-state index contributed by atoms with van der Waals surface area (Å²) >= 11 is 0. The van der Waals surface area contributed by atoms with Crippen molar-refractivity contribution in [1.29, 1.82) is 0 Å². The zero-order valence-electron chi connectivity index (χ0n) is 20.6. The summed E-state index contributed by atoms with van der Waals surface area (Å²) < 4.78 is 10.1. The van der Waals surface area contributed by atoms with E-state index in [4.69, 9.17) is 9.47 Å². The van der Waals surface area contributed by atoms with Gasteiger partial charge in [-0.2, -0.15) is 0 Å². The van der Waals surface area contributed by atoms with Crippen molar-refractivity contribution >= 4 is 41.3 Å². The average Bonchev–Trinajstić information content (AvgIpc) is 2.93. The predicted molar refractivity (Wildman–Crippen MR) is 140 cm³/mol. The first kappa shape index (κ1) is 28.2. The van der Waals surface area contributed by atoms with Crippen molar-refractivity contribution in [3.8, 4) is 0 Å². The molecule has 0 unspecified atom stereocenters. The van der Waals surface area contributed by atoms with Gasteiger partial charge in [-0.1, -0.05) is 60.7 Å². The summed E-state index contributed by atoms with van der Waals surface area (Å²) in [5.74, 6) is -2.62. The standard InChI is InChI=1S/C27H26N4O8/c32-23(14-28-26(36)38-16-18-7-3-1-4-8-18)30-21-11-20(25(34)35)12-22(13-21)31-24(33)15-29-27(37)39-17-19-9-5-2-6-10-19/h1-13H,14-17H2,(H,28,36)(H,29,37)(H,30,32)(H,31,33)(H,34,35). The number of amides is 4. The van der Waals surface area contributed by atoms with Crippen LogP contribution in [0, 0.1) is 0 Å². The molecule has 0 radical (unpaired) electrons. The Morgan fingerprint density at radius 3 is 1.41 bits per heavy atom. The van der Waals surface area contributed by atoms with E-state index in [9.17, 15) is 29.1 Å². The Kier molecular flexibility index (Phi) is 10.4. The van der Waals surface area contributed by atoms with Gasteiger partial charge in [0.25, 0.3) is 0 Å². The van der Waals surface area contributed by atoms with Gasteiger partial charge in [-0.15, -0.1) is 0 Å². The number of rotatable bonds is 11. The Balaban J connectivity index is 1.47. The lowest BCUT2D eigenvalue weighted by atomic mass is 10.1. The molecule has 0 aromatic heterocycles. The summed E-state index contributed by atoms with van der Waals surface area (Å²) in [4.78, 5) is 59.7. The third-order valence-electron chi connectivity index (χ3n) is 4.96. The minimum Gasteiger partial charge on any atom is -0.478 e. The molecule has 4 amide bonds. The molecule has 12 heteroatoms. The van der Waals surface area contributed by atoms with E-state index < -0.39 is 43.1 Å². The summed E-state index contributed by atoms with van der Waals surface area (Å²) in [5.41, 5.74) is 1.45. The van der Waals surface area contributed by atoms with Crippen LogP contribution in [0.3, 0.4) is 0 Å². The lowest BCUT2D eigenvalue weighted by molar-refractivity contribution is -0.116. The molecule has 0 aliphatic carbocycles. The van der Waals surface area contributed by atoms with E-state index in [0.717, 1.165) is 11.1 Å². The highest BCUT2D eigenvalue weighted by molar-refractivity contribution is 5.99. The molecular weight excluding hydrogens is 508 g/mol. The van der Waals surface area contributed by atoms with Crippen molar-refractivity contribution < 1.29 is 38.6 Å². The molecule has 0 bridgehead atoms. The van der Waals surface area contributed by atoms with Crippen LogP contribution in [0.1, 0.15) is 21.5 Å². The number of ether oxygens (including phenoxy) is 2. The lowest BCUT2D eigenvalue weighted by Crippen LogP contribution is -2.33. The Hall–Kier alpha value is -5.39. The smallest absolute Gasteiger partial charge is 0.407 e. The highest BCUT2D eigenvalue weighted by Gasteiger charge is 2.13. The van der Waals surface area contributed by atoms with Crippen LogP contribution in [0.2, 0.25) is 0 Å². The lowest BCUT2D eigenvalue weighted by Gasteiger charge is -2.12. The predicted octanol–water partition coefficient (Wildman–Crippen LogP) is 3.11. The highest BCUT2D eigenvalue weighted by Crippen LogP contribution is 2.19. The molecule has 0 aliphatic rings. The van der Waals surface area contributed by atoms with Crippen LogP contribution in [0.4, 0.5) is 21.0 Å². The Morgan fingerprint density at radius 1 is 0.615 bits per heavy atom. The quantitative estimate of drug-likeness (QED) is 0.250. The Labute approximate surface area is 223 Å². The van der Waals surface area contributed by atoms with Crippen molar-refractivity contribution in [3.05, 3.63) is 95.6 Å². The van der Waals surface area contributed by atoms with Crippen LogP contribution in [0.15, 0.2) is 78.9 Å². The molecule has 3 rings (SSSR count). The average molecular weight is 535 g/mol. The fourth-order valence-electron chi connectivity index (χ4n) is 3.16. The van der Waals surface area contributed by atoms with Gasteiger partial charge >= 0.3 is 18.2 Å². The normalized spacial score (nSPS) is 10.1. The van der Waals surface area contributed by atoms with Gasteiger partial charge in [0, 0.05) is 11.4 Å². The van der Waals surface area contributed by atoms with Crippen LogP contribution >= 0.6 is 0 Å². The minimum absolute atomic E-state index is 0.0254. The van der Waals surface area contributed by atoms with Crippen LogP contribution in [0.25, 0.3) is 0 Å². The summed E-state index contributed by atoms with van der Waals surface area (Å²) in [6, 6.07) is 21.6. The monoisotopic (exact) mass is 534 g/mol. The third kappa shape index (κ3) is 10.2. The molecule has 5 N–H and O–H groups in total. The largest absolute Gasteiger partial charge is 0.478 e. The highest BCUT2D eigenvalue weighted by atomic mass is 16.6. The van der Waals surface area contributed by atoms with Gasteiger partial charge in [0.1, 0.15) is 26.3 Å². The Bertz CT molecular complexity index is 1220. The van der Waals surface area contributed by atoms with Crippen molar-refractivity contribution in [3.63, 3.8) is 0 Å². The third-order valence-corrected chi connectivity index (χ3v) is 4.96. The maximum atomic E-state index is 12.3.